The topological polar surface area (TPSA) is 149 Å². The zero-order valence-corrected chi connectivity index (χ0v) is 28.3. The van der Waals surface area contributed by atoms with Crippen LogP contribution < -0.4 is 19.3 Å². The SMILES string of the molecule is CCC(C)(C)OC(=O)N1C(=O)C(=C2C(=O)Oc3cc4c(cc32)OC(=O)C4=C2C(=O)N(C(O)OC(C)(C)CC)c3ccccc32)c2ccccc21. The second kappa shape index (κ2) is 11.5. The van der Waals surface area contributed by atoms with E-state index < -0.39 is 47.5 Å². The molecule has 12 nitrogen and oxygen atoms in total. The molecule has 12 heteroatoms. The molecule has 3 amide bonds. The van der Waals surface area contributed by atoms with Gasteiger partial charge in [0, 0.05) is 22.3 Å². The van der Waals surface area contributed by atoms with Crippen molar-refractivity contribution in [1.29, 1.82) is 0 Å². The molecule has 0 aliphatic carbocycles. The third kappa shape index (κ3) is 5.02. The van der Waals surface area contributed by atoms with Crippen molar-refractivity contribution in [3.05, 3.63) is 82.9 Å². The smallest absolute Gasteiger partial charge is 0.422 e. The third-order valence-corrected chi connectivity index (χ3v) is 9.53. The Hall–Kier alpha value is -5.59. The lowest BCUT2D eigenvalue weighted by Gasteiger charge is -2.31. The van der Waals surface area contributed by atoms with Crippen molar-refractivity contribution in [2.24, 2.45) is 0 Å². The molecule has 3 aromatic rings. The van der Waals surface area contributed by atoms with E-state index in [4.69, 9.17) is 18.9 Å². The highest BCUT2D eigenvalue weighted by Gasteiger charge is 2.47. The number of carbonyl (C=O) groups excluding carboxylic acids is 5. The minimum atomic E-state index is -1.65. The first-order valence-corrected chi connectivity index (χ1v) is 16.3. The van der Waals surface area contributed by atoms with E-state index in [0.29, 0.717) is 29.7 Å². The predicted octanol–water partition coefficient (Wildman–Crippen LogP) is 5.85. The number of ether oxygens (including phenoxy) is 4. The standard InChI is InChI=1S/C38H34N2O10/c1-7-37(3,4)49-35(45)39-23-15-11-9-13-19(23)27(31(39)41)29-21-17-26-22(18-25(21)47-33(29)43)30(34(44)48-26)28-20-14-10-12-16-24(20)40(32(28)42)36(46)50-38(5,6)8-2/h9-18,35,45H,7-8H2,1-6H3. The van der Waals surface area contributed by atoms with E-state index in [1.54, 1.807) is 76.2 Å². The molecular formula is C38H34N2O10. The predicted molar refractivity (Wildman–Crippen MR) is 182 cm³/mol. The molecule has 7 rings (SSSR count). The minimum Gasteiger partial charge on any atom is -0.443 e. The molecule has 0 spiro atoms. The van der Waals surface area contributed by atoms with E-state index in [2.05, 4.69) is 0 Å². The third-order valence-electron chi connectivity index (χ3n) is 9.53. The summed E-state index contributed by atoms with van der Waals surface area (Å²) >= 11 is 0. The molecular weight excluding hydrogens is 644 g/mol. The Kier molecular flexibility index (Phi) is 7.57. The van der Waals surface area contributed by atoms with Crippen LogP contribution >= 0.6 is 0 Å². The fourth-order valence-corrected chi connectivity index (χ4v) is 6.23. The monoisotopic (exact) mass is 678 g/mol. The van der Waals surface area contributed by atoms with Crippen LogP contribution in [0, 0.1) is 0 Å². The molecule has 0 aromatic heterocycles. The molecule has 0 fully saturated rings. The van der Waals surface area contributed by atoms with Crippen molar-refractivity contribution in [2.45, 2.75) is 72.0 Å². The van der Waals surface area contributed by atoms with E-state index in [1.807, 2.05) is 13.8 Å². The lowest BCUT2D eigenvalue weighted by molar-refractivity contribution is -0.174. The van der Waals surface area contributed by atoms with Crippen LogP contribution in [0.4, 0.5) is 16.2 Å². The average molecular weight is 679 g/mol. The maximum absolute atomic E-state index is 14.0. The number of carbonyl (C=O) groups is 5. The van der Waals surface area contributed by atoms with Crippen LogP contribution in [0.15, 0.2) is 60.7 Å². The number of imide groups is 1. The number of aliphatic hydroxyl groups excluding tert-OH is 1. The average Bonchev–Trinajstić information content (AvgIpc) is 3.74. The van der Waals surface area contributed by atoms with Crippen molar-refractivity contribution >= 4 is 63.5 Å². The number of aliphatic hydroxyl groups is 1. The van der Waals surface area contributed by atoms with Crippen molar-refractivity contribution in [3.8, 4) is 11.5 Å². The number of rotatable bonds is 6. The number of para-hydroxylation sites is 2. The number of hydrogen-bond acceptors (Lipinski definition) is 10. The fourth-order valence-electron chi connectivity index (χ4n) is 6.23. The molecule has 4 aliphatic rings. The summed E-state index contributed by atoms with van der Waals surface area (Å²) in [6.45, 7) is 10.8. The maximum Gasteiger partial charge on any atom is 0.422 e. The first kappa shape index (κ1) is 32.9. The zero-order chi connectivity index (χ0) is 35.9. The van der Waals surface area contributed by atoms with E-state index in [1.165, 1.54) is 12.1 Å². The van der Waals surface area contributed by atoms with Crippen molar-refractivity contribution < 1.29 is 48.0 Å². The van der Waals surface area contributed by atoms with Crippen LogP contribution in [0.2, 0.25) is 0 Å². The van der Waals surface area contributed by atoms with E-state index in [0.717, 1.165) is 9.80 Å². The molecule has 50 heavy (non-hydrogen) atoms. The summed E-state index contributed by atoms with van der Waals surface area (Å²) in [5, 5.41) is 11.1. The van der Waals surface area contributed by atoms with Gasteiger partial charge in [0.05, 0.1) is 39.3 Å². The summed E-state index contributed by atoms with van der Waals surface area (Å²) in [6.07, 6.45) is -1.49. The van der Waals surface area contributed by atoms with Crippen molar-refractivity contribution in [2.75, 3.05) is 9.80 Å². The van der Waals surface area contributed by atoms with Gasteiger partial charge in [-0.3, -0.25) is 14.5 Å². The summed E-state index contributed by atoms with van der Waals surface area (Å²) in [5.74, 6) is -3.09. The van der Waals surface area contributed by atoms with Crippen LogP contribution in [0.1, 0.15) is 76.6 Å². The Morgan fingerprint density at radius 3 is 1.72 bits per heavy atom. The Morgan fingerprint density at radius 2 is 1.18 bits per heavy atom. The second-order valence-electron chi connectivity index (χ2n) is 13.5. The van der Waals surface area contributed by atoms with Crippen LogP contribution in [0.25, 0.3) is 22.3 Å². The van der Waals surface area contributed by atoms with Gasteiger partial charge in [-0.05, 0) is 64.8 Å². The Balaban J connectivity index is 1.34. The van der Waals surface area contributed by atoms with Crippen LogP contribution in [0.3, 0.4) is 0 Å². The van der Waals surface area contributed by atoms with Gasteiger partial charge in [-0.1, -0.05) is 50.2 Å². The van der Waals surface area contributed by atoms with Crippen molar-refractivity contribution in [1.82, 2.24) is 0 Å². The maximum atomic E-state index is 14.0. The summed E-state index contributed by atoms with van der Waals surface area (Å²) in [7, 11) is 0. The summed E-state index contributed by atoms with van der Waals surface area (Å²) in [5.41, 5.74) is -0.277. The highest BCUT2D eigenvalue weighted by atomic mass is 16.6. The minimum absolute atomic E-state index is 0.0202. The molecule has 0 radical (unpaired) electrons. The van der Waals surface area contributed by atoms with E-state index in [-0.39, 0.29) is 50.6 Å². The van der Waals surface area contributed by atoms with Gasteiger partial charge >= 0.3 is 18.0 Å². The van der Waals surface area contributed by atoms with Gasteiger partial charge in [0.15, 0.2) is 0 Å². The van der Waals surface area contributed by atoms with Gasteiger partial charge in [-0.15, -0.1) is 0 Å². The van der Waals surface area contributed by atoms with Gasteiger partial charge in [-0.2, -0.15) is 0 Å². The summed E-state index contributed by atoms with van der Waals surface area (Å²) in [6, 6.07) is 16.0. The molecule has 1 unspecified atom stereocenters. The Bertz CT molecular complexity index is 2120. The Labute approximate surface area is 287 Å². The fraction of sp³-hybridized carbons (Fsp3) is 0.289. The molecule has 1 N–H and O–H groups in total. The molecule has 1 atom stereocenters. The first-order valence-electron chi connectivity index (χ1n) is 16.3. The summed E-state index contributed by atoms with van der Waals surface area (Å²) < 4.78 is 22.8. The molecule has 3 aromatic carbocycles. The van der Waals surface area contributed by atoms with Crippen LogP contribution in [-0.2, 0) is 28.7 Å². The molecule has 4 heterocycles. The quantitative estimate of drug-likeness (QED) is 0.146. The number of benzene rings is 3. The van der Waals surface area contributed by atoms with Crippen LogP contribution in [0.5, 0.6) is 11.5 Å². The molecule has 256 valence electrons. The summed E-state index contributed by atoms with van der Waals surface area (Å²) in [4.78, 5) is 70.4. The largest absolute Gasteiger partial charge is 0.443 e. The number of nitrogens with zero attached hydrogens (tertiary/aromatic N) is 2. The molecule has 0 saturated heterocycles. The van der Waals surface area contributed by atoms with Gasteiger partial charge in [-0.25, -0.2) is 19.3 Å². The van der Waals surface area contributed by atoms with Gasteiger partial charge < -0.3 is 24.1 Å². The van der Waals surface area contributed by atoms with Crippen molar-refractivity contribution in [3.63, 3.8) is 0 Å². The van der Waals surface area contributed by atoms with Crippen LogP contribution in [-0.4, -0.2) is 52.6 Å². The van der Waals surface area contributed by atoms with Gasteiger partial charge in [0.1, 0.15) is 17.1 Å². The van der Waals surface area contributed by atoms with E-state index >= 15 is 0 Å². The molecule has 0 bridgehead atoms. The second-order valence-corrected chi connectivity index (χ2v) is 13.5. The lowest BCUT2D eigenvalue weighted by Crippen LogP contribution is -2.44. The number of esters is 2. The van der Waals surface area contributed by atoms with E-state index in [9.17, 15) is 29.1 Å². The number of fused-ring (bicyclic) bond motifs is 4. The number of amides is 3. The highest BCUT2D eigenvalue weighted by molar-refractivity contribution is 6.50. The Morgan fingerprint density at radius 1 is 0.700 bits per heavy atom. The normalized spacial score (nSPS) is 20.1. The molecule has 4 aliphatic heterocycles. The molecule has 0 saturated carbocycles. The van der Waals surface area contributed by atoms with Gasteiger partial charge in [0.2, 0.25) is 6.41 Å². The number of anilines is 2. The number of hydrogen-bond donors (Lipinski definition) is 1. The first-order chi connectivity index (χ1) is 23.7. The zero-order valence-electron chi connectivity index (χ0n) is 28.3. The lowest BCUT2D eigenvalue weighted by atomic mass is 9.92. The van der Waals surface area contributed by atoms with Gasteiger partial charge in [0.25, 0.3) is 11.8 Å². The highest BCUT2D eigenvalue weighted by Crippen LogP contribution is 2.52.